The Morgan fingerprint density at radius 1 is 1.19 bits per heavy atom. The highest BCUT2D eigenvalue weighted by Crippen LogP contribution is 2.38. The second kappa shape index (κ2) is 7.35. The zero-order valence-corrected chi connectivity index (χ0v) is 15.7. The van der Waals surface area contributed by atoms with Crippen molar-refractivity contribution in [2.75, 3.05) is 13.1 Å². The molecule has 6 heteroatoms. The molecular weight excluding hydrogens is 368 g/mol. The van der Waals surface area contributed by atoms with Crippen LogP contribution >= 0.6 is 22.9 Å². The van der Waals surface area contributed by atoms with E-state index in [0.717, 1.165) is 28.2 Å². The molecule has 0 bridgehead atoms. The minimum absolute atomic E-state index is 0.0970. The summed E-state index contributed by atoms with van der Waals surface area (Å²) in [6.07, 6.45) is 5.04. The number of fused-ring (bicyclic) bond motifs is 1. The third-order valence-electron chi connectivity index (χ3n) is 5.09. The molecule has 0 aliphatic carbocycles. The lowest BCUT2D eigenvalue weighted by atomic mass is 9.93. The summed E-state index contributed by atoms with van der Waals surface area (Å²) in [5.74, 6) is -0.917. The molecule has 1 aliphatic rings. The maximum Gasteiger partial charge on any atom is 0.306 e. The summed E-state index contributed by atoms with van der Waals surface area (Å²) in [6, 6.07) is 12.6. The summed E-state index contributed by atoms with van der Waals surface area (Å²) in [5, 5.41) is 11.6. The molecule has 3 aromatic rings. The van der Waals surface area contributed by atoms with Crippen molar-refractivity contribution in [1.82, 2.24) is 9.88 Å². The number of aromatic nitrogens is 1. The highest BCUT2D eigenvalue weighted by molar-refractivity contribution is 7.16. The van der Waals surface area contributed by atoms with Gasteiger partial charge in [0.15, 0.2) is 0 Å². The van der Waals surface area contributed by atoms with E-state index in [1.54, 1.807) is 11.3 Å². The number of piperidine rings is 1. The van der Waals surface area contributed by atoms with E-state index in [4.69, 9.17) is 11.6 Å². The Kier molecular flexibility index (Phi) is 4.94. The van der Waals surface area contributed by atoms with Crippen molar-refractivity contribution in [2.24, 2.45) is 5.92 Å². The number of aliphatic carboxylic acids is 1. The summed E-state index contributed by atoms with van der Waals surface area (Å²) < 4.78 is 0.774. The average molecular weight is 387 g/mol. The van der Waals surface area contributed by atoms with Crippen LogP contribution in [-0.2, 0) is 4.79 Å². The van der Waals surface area contributed by atoms with Gasteiger partial charge in [0.1, 0.15) is 0 Å². The van der Waals surface area contributed by atoms with Crippen LogP contribution in [0.3, 0.4) is 0 Å². The fourth-order valence-electron chi connectivity index (χ4n) is 3.71. The van der Waals surface area contributed by atoms with Crippen LogP contribution in [0.4, 0.5) is 0 Å². The van der Waals surface area contributed by atoms with Crippen LogP contribution in [0.2, 0.25) is 4.34 Å². The van der Waals surface area contributed by atoms with Gasteiger partial charge in [0, 0.05) is 22.7 Å². The van der Waals surface area contributed by atoms with Gasteiger partial charge >= 0.3 is 5.97 Å². The number of hydrogen-bond acceptors (Lipinski definition) is 4. The predicted octanol–water partition coefficient (Wildman–Crippen LogP) is 4.84. The van der Waals surface area contributed by atoms with E-state index < -0.39 is 5.97 Å². The summed E-state index contributed by atoms with van der Waals surface area (Å²) in [5.41, 5.74) is 1.20. The molecular formula is C20H19ClN2O2S. The molecule has 1 N–H and O–H groups in total. The van der Waals surface area contributed by atoms with Crippen molar-refractivity contribution >= 4 is 39.7 Å². The standard InChI is InChI=1S/C20H19ClN2O2S/c21-18-4-3-17(26-18)19(23-9-6-13(7-10-23)20(24)25)15-1-2-16-12-22-8-5-14(16)11-15/h1-5,8,11-13,19H,6-7,9-10H2,(H,24,25). The monoisotopic (exact) mass is 386 g/mol. The number of benzene rings is 1. The topological polar surface area (TPSA) is 53.4 Å². The zero-order chi connectivity index (χ0) is 18.1. The van der Waals surface area contributed by atoms with E-state index in [2.05, 4.69) is 34.1 Å². The van der Waals surface area contributed by atoms with E-state index >= 15 is 0 Å². The number of rotatable bonds is 4. The van der Waals surface area contributed by atoms with Gasteiger partial charge < -0.3 is 5.11 Å². The fourth-order valence-corrected chi connectivity index (χ4v) is 4.93. The average Bonchev–Trinajstić information content (AvgIpc) is 3.08. The first kappa shape index (κ1) is 17.5. The molecule has 1 aliphatic heterocycles. The van der Waals surface area contributed by atoms with Crippen molar-refractivity contribution in [1.29, 1.82) is 0 Å². The summed E-state index contributed by atoms with van der Waals surface area (Å²) in [6.45, 7) is 1.54. The number of hydrogen-bond donors (Lipinski definition) is 1. The van der Waals surface area contributed by atoms with E-state index in [1.807, 2.05) is 24.5 Å². The Labute approximate surface area is 161 Å². The Hall–Kier alpha value is -1.95. The number of pyridine rings is 1. The zero-order valence-electron chi connectivity index (χ0n) is 14.1. The van der Waals surface area contributed by atoms with Gasteiger partial charge in [-0.2, -0.15) is 0 Å². The number of nitrogens with zero attached hydrogens (tertiary/aromatic N) is 2. The number of halogens is 1. The molecule has 3 heterocycles. The molecule has 1 aromatic carbocycles. The minimum atomic E-state index is -0.682. The predicted molar refractivity (Wildman–Crippen MR) is 105 cm³/mol. The lowest BCUT2D eigenvalue weighted by Gasteiger charge is -2.36. The van der Waals surface area contributed by atoms with Gasteiger partial charge in [0.25, 0.3) is 0 Å². The lowest BCUT2D eigenvalue weighted by molar-refractivity contribution is -0.143. The number of thiophene rings is 1. The molecule has 26 heavy (non-hydrogen) atoms. The molecule has 4 nitrogen and oxygen atoms in total. The van der Waals surface area contributed by atoms with Gasteiger partial charge in [-0.15, -0.1) is 11.3 Å². The third kappa shape index (κ3) is 3.47. The number of carbonyl (C=O) groups is 1. The van der Waals surface area contributed by atoms with Gasteiger partial charge in [-0.25, -0.2) is 0 Å². The SMILES string of the molecule is O=C(O)C1CCN(C(c2ccc3cnccc3c2)c2ccc(Cl)s2)CC1. The summed E-state index contributed by atoms with van der Waals surface area (Å²) in [7, 11) is 0. The maximum absolute atomic E-state index is 11.3. The van der Waals surface area contributed by atoms with Gasteiger partial charge in [0.2, 0.25) is 0 Å². The van der Waals surface area contributed by atoms with Crippen LogP contribution in [0.25, 0.3) is 10.8 Å². The molecule has 4 rings (SSSR count). The van der Waals surface area contributed by atoms with Crippen LogP contribution in [0, 0.1) is 5.92 Å². The van der Waals surface area contributed by atoms with Crippen LogP contribution in [0.1, 0.15) is 29.3 Å². The maximum atomic E-state index is 11.3. The molecule has 1 unspecified atom stereocenters. The Balaban J connectivity index is 1.70. The van der Waals surface area contributed by atoms with Crippen molar-refractivity contribution in [3.63, 3.8) is 0 Å². The molecule has 1 fully saturated rings. The normalized spacial score (nSPS) is 17.4. The first-order valence-electron chi connectivity index (χ1n) is 8.67. The molecule has 0 spiro atoms. The third-order valence-corrected chi connectivity index (χ3v) is 6.37. The Morgan fingerprint density at radius 3 is 2.69 bits per heavy atom. The summed E-state index contributed by atoms with van der Waals surface area (Å²) >= 11 is 7.80. The quantitative estimate of drug-likeness (QED) is 0.697. The summed E-state index contributed by atoms with van der Waals surface area (Å²) in [4.78, 5) is 19.0. The van der Waals surface area contributed by atoms with Crippen LogP contribution in [0.5, 0.6) is 0 Å². The Morgan fingerprint density at radius 2 is 2.00 bits per heavy atom. The Bertz CT molecular complexity index is 934. The molecule has 1 saturated heterocycles. The number of carboxylic acid groups (broad SMARTS) is 1. The van der Waals surface area contributed by atoms with Crippen LogP contribution < -0.4 is 0 Å². The lowest BCUT2D eigenvalue weighted by Crippen LogP contribution is -2.39. The van der Waals surface area contributed by atoms with Crippen LogP contribution in [0.15, 0.2) is 48.8 Å². The smallest absolute Gasteiger partial charge is 0.306 e. The van der Waals surface area contributed by atoms with Crippen molar-refractivity contribution in [3.8, 4) is 0 Å². The van der Waals surface area contributed by atoms with Gasteiger partial charge in [0.05, 0.1) is 16.3 Å². The van der Waals surface area contributed by atoms with E-state index in [-0.39, 0.29) is 12.0 Å². The minimum Gasteiger partial charge on any atom is -0.481 e. The van der Waals surface area contributed by atoms with Crippen molar-refractivity contribution in [3.05, 3.63) is 63.6 Å². The van der Waals surface area contributed by atoms with Crippen LogP contribution in [-0.4, -0.2) is 34.0 Å². The molecule has 0 radical (unpaired) electrons. The second-order valence-electron chi connectivity index (χ2n) is 6.68. The molecule has 134 valence electrons. The van der Waals surface area contributed by atoms with Crippen molar-refractivity contribution < 1.29 is 9.90 Å². The molecule has 0 saturated carbocycles. The molecule has 1 atom stereocenters. The highest BCUT2D eigenvalue weighted by atomic mass is 35.5. The van der Waals surface area contributed by atoms with E-state index in [0.29, 0.717) is 12.8 Å². The first-order chi connectivity index (χ1) is 12.6. The number of likely N-dealkylation sites (tertiary alicyclic amines) is 1. The van der Waals surface area contributed by atoms with Gasteiger partial charge in [-0.05, 0) is 61.1 Å². The fraction of sp³-hybridized carbons (Fsp3) is 0.300. The van der Waals surface area contributed by atoms with Crippen molar-refractivity contribution in [2.45, 2.75) is 18.9 Å². The first-order valence-corrected chi connectivity index (χ1v) is 9.87. The molecule has 0 amide bonds. The van der Waals surface area contributed by atoms with Gasteiger partial charge in [-0.1, -0.05) is 23.7 Å². The van der Waals surface area contributed by atoms with Gasteiger partial charge in [-0.3, -0.25) is 14.7 Å². The second-order valence-corrected chi connectivity index (χ2v) is 8.42. The van der Waals surface area contributed by atoms with E-state index in [9.17, 15) is 9.90 Å². The number of carboxylic acids is 1. The highest BCUT2D eigenvalue weighted by Gasteiger charge is 2.31. The van der Waals surface area contributed by atoms with E-state index in [1.165, 1.54) is 10.4 Å². The molecule has 2 aromatic heterocycles. The largest absolute Gasteiger partial charge is 0.481 e.